The Balaban J connectivity index is 1.39. The van der Waals surface area contributed by atoms with Gasteiger partial charge in [-0.3, -0.25) is 4.79 Å². The van der Waals surface area contributed by atoms with Gasteiger partial charge in [0.15, 0.2) is 5.58 Å². The van der Waals surface area contributed by atoms with Crippen LogP contribution in [0.1, 0.15) is 12.1 Å². The minimum atomic E-state index is -0.0558. The Labute approximate surface area is 138 Å². The first-order valence-electron chi connectivity index (χ1n) is 7.85. The van der Waals surface area contributed by atoms with Gasteiger partial charge in [-0.2, -0.15) is 5.10 Å². The number of likely N-dealkylation sites (tertiary alicyclic amines) is 1. The largest absolute Gasteiger partial charge is 0.471 e. The zero-order valence-electron chi connectivity index (χ0n) is 13.0. The van der Waals surface area contributed by atoms with Crippen molar-refractivity contribution >= 4 is 16.9 Å². The van der Waals surface area contributed by atoms with Crippen LogP contribution in [0.2, 0.25) is 0 Å². The zero-order valence-corrected chi connectivity index (χ0v) is 13.0. The summed E-state index contributed by atoms with van der Waals surface area (Å²) in [6.45, 7) is 1.21. The minimum absolute atomic E-state index is 0.0271. The third-order valence-corrected chi connectivity index (χ3v) is 4.10. The number of para-hydroxylation sites is 1. The van der Waals surface area contributed by atoms with Crippen molar-refractivity contribution in [1.29, 1.82) is 0 Å². The van der Waals surface area contributed by atoms with Crippen LogP contribution in [0.25, 0.3) is 11.0 Å². The number of ether oxygens (including phenoxy) is 1. The van der Waals surface area contributed by atoms with E-state index in [1.807, 2.05) is 24.3 Å². The van der Waals surface area contributed by atoms with E-state index in [0.717, 1.165) is 11.8 Å². The van der Waals surface area contributed by atoms with Crippen molar-refractivity contribution in [3.63, 3.8) is 0 Å². The number of hydrogen-bond acceptors (Lipinski definition) is 6. The summed E-state index contributed by atoms with van der Waals surface area (Å²) in [6.07, 6.45) is 2.55. The van der Waals surface area contributed by atoms with Crippen molar-refractivity contribution in [2.45, 2.75) is 18.9 Å². The molecular weight excluding hydrogens is 308 g/mol. The number of nitrogens with zero attached hydrogens (tertiary/aromatic N) is 4. The third-order valence-electron chi connectivity index (χ3n) is 4.10. The summed E-state index contributed by atoms with van der Waals surface area (Å²) in [4.78, 5) is 14.3. The van der Waals surface area contributed by atoms with Crippen LogP contribution < -0.4 is 4.74 Å². The molecule has 24 heavy (non-hydrogen) atoms. The van der Waals surface area contributed by atoms with E-state index in [2.05, 4.69) is 15.4 Å². The summed E-state index contributed by atoms with van der Waals surface area (Å²) in [5, 5.41) is 12.6. The van der Waals surface area contributed by atoms with Crippen LogP contribution in [0, 0.1) is 0 Å². The molecule has 1 aliphatic heterocycles. The van der Waals surface area contributed by atoms with Gasteiger partial charge in [-0.25, -0.2) is 0 Å². The molecule has 0 unspecified atom stereocenters. The lowest BCUT2D eigenvalue weighted by Gasteiger charge is -2.16. The minimum Gasteiger partial charge on any atom is -0.471 e. The maximum absolute atomic E-state index is 12.5. The molecule has 0 radical (unpaired) electrons. The summed E-state index contributed by atoms with van der Waals surface area (Å²) in [5.74, 6) is 0.513. The molecule has 1 amide bonds. The molecule has 0 aliphatic carbocycles. The monoisotopic (exact) mass is 324 g/mol. The maximum atomic E-state index is 12.5. The molecule has 1 fully saturated rings. The first-order chi connectivity index (χ1) is 11.8. The molecule has 122 valence electrons. The second kappa shape index (κ2) is 6.27. The third kappa shape index (κ3) is 2.92. The molecule has 7 nitrogen and oxygen atoms in total. The van der Waals surface area contributed by atoms with Crippen LogP contribution in [0.5, 0.6) is 5.88 Å². The SMILES string of the molecule is O=C(Cc1noc2ccccc12)N1CC[C@@H](Oc2cccnn2)C1. The summed E-state index contributed by atoms with van der Waals surface area (Å²) >= 11 is 0. The van der Waals surface area contributed by atoms with Gasteiger partial charge in [0, 0.05) is 30.6 Å². The lowest BCUT2D eigenvalue weighted by atomic mass is 10.1. The highest BCUT2D eigenvalue weighted by molar-refractivity contribution is 5.86. The van der Waals surface area contributed by atoms with E-state index < -0.39 is 0 Å². The van der Waals surface area contributed by atoms with Gasteiger partial charge >= 0.3 is 0 Å². The summed E-state index contributed by atoms with van der Waals surface area (Å²) in [5.41, 5.74) is 1.37. The number of fused-ring (bicyclic) bond motifs is 1. The van der Waals surface area contributed by atoms with Crippen molar-refractivity contribution in [1.82, 2.24) is 20.3 Å². The van der Waals surface area contributed by atoms with Crippen LogP contribution in [-0.2, 0) is 11.2 Å². The molecule has 0 bridgehead atoms. The molecule has 2 aromatic heterocycles. The Morgan fingerprint density at radius 3 is 3.08 bits per heavy atom. The topological polar surface area (TPSA) is 81.4 Å². The first kappa shape index (κ1) is 14.6. The highest BCUT2D eigenvalue weighted by atomic mass is 16.5. The Kier molecular flexibility index (Phi) is 3.82. The highest BCUT2D eigenvalue weighted by Crippen LogP contribution is 2.21. The molecule has 3 heterocycles. The number of hydrogen-bond donors (Lipinski definition) is 0. The standard InChI is InChI=1S/C17H16N4O3/c22-17(10-14-13-4-1-2-5-15(13)24-20-14)21-9-7-12(11-21)23-16-6-3-8-18-19-16/h1-6,8,12H,7,9-11H2/t12-/m1/s1. The first-order valence-corrected chi connectivity index (χ1v) is 7.85. The van der Waals surface area contributed by atoms with Gasteiger partial charge < -0.3 is 14.2 Å². The second-order valence-electron chi connectivity index (χ2n) is 5.73. The van der Waals surface area contributed by atoms with Gasteiger partial charge in [-0.05, 0) is 18.2 Å². The predicted molar refractivity (Wildman–Crippen MR) is 85.4 cm³/mol. The quantitative estimate of drug-likeness (QED) is 0.728. The lowest BCUT2D eigenvalue weighted by Crippen LogP contribution is -2.32. The van der Waals surface area contributed by atoms with E-state index in [4.69, 9.17) is 9.26 Å². The van der Waals surface area contributed by atoms with Crippen molar-refractivity contribution in [2.24, 2.45) is 0 Å². The molecule has 4 rings (SSSR count). The van der Waals surface area contributed by atoms with E-state index in [-0.39, 0.29) is 18.4 Å². The highest BCUT2D eigenvalue weighted by Gasteiger charge is 2.28. The van der Waals surface area contributed by atoms with Gasteiger partial charge in [0.05, 0.1) is 13.0 Å². The molecule has 0 N–H and O–H groups in total. The van der Waals surface area contributed by atoms with Gasteiger partial charge in [0.25, 0.3) is 0 Å². The maximum Gasteiger partial charge on any atom is 0.233 e. The van der Waals surface area contributed by atoms with E-state index in [9.17, 15) is 4.79 Å². The molecule has 1 saturated heterocycles. The number of aromatic nitrogens is 3. The van der Waals surface area contributed by atoms with E-state index >= 15 is 0 Å². The Morgan fingerprint density at radius 2 is 2.21 bits per heavy atom. The Bertz CT molecular complexity index is 849. The number of rotatable bonds is 4. The molecule has 0 saturated carbocycles. The van der Waals surface area contributed by atoms with Crippen LogP contribution >= 0.6 is 0 Å². The van der Waals surface area contributed by atoms with Gasteiger partial charge in [0.2, 0.25) is 11.8 Å². The van der Waals surface area contributed by atoms with Crippen LogP contribution in [0.4, 0.5) is 0 Å². The number of carbonyl (C=O) groups excluding carboxylic acids is 1. The van der Waals surface area contributed by atoms with Crippen molar-refractivity contribution in [2.75, 3.05) is 13.1 Å². The zero-order chi connectivity index (χ0) is 16.4. The van der Waals surface area contributed by atoms with Crippen molar-refractivity contribution < 1.29 is 14.1 Å². The summed E-state index contributed by atoms with van der Waals surface area (Å²) < 4.78 is 11.0. The summed E-state index contributed by atoms with van der Waals surface area (Å²) in [6, 6.07) is 11.1. The Morgan fingerprint density at radius 1 is 1.29 bits per heavy atom. The number of carbonyl (C=O) groups is 1. The van der Waals surface area contributed by atoms with Crippen molar-refractivity contribution in [3.8, 4) is 5.88 Å². The molecule has 1 aliphatic rings. The molecular formula is C17H16N4O3. The Hall–Kier alpha value is -2.96. The average molecular weight is 324 g/mol. The van der Waals surface area contributed by atoms with Crippen LogP contribution in [0.15, 0.2) is 47.1 Å². The predicted octanol–water partition coefficient (Wildman–Crippen LogP) is 1.84. The van der Waals surface area contributed by atoms with Crippen LogP contribution in [0.3, 0.4) is 0 Å². The van der Waals surface area contributed by atoms with Gasteiger partial charge in [-0.1, -0.05) is 17.3 Å². The fraction of sp³-hybridized carbons (Fsp3) is 0.294. The van der Waals surface area contributed by atoms with Gasteiger partial charge in [-0.15, -0.1) is 5.10 Å². The average Bonchev–Trinajstić information content (AvgIpc) is 3.24. The summed E-state index contributed by atoms with van der Waals surface area (Å²) in [7, 11) is 0. The van der Waals surface area contributed by atoms with E-state index in [1.54, 1.807) is 23.2 Å². The normalized spacial score (nSPS) is 17.3. The fourth-order valence-electron chi connectivity index (χ4n) is 2.89. The fourth-order valence-corrected chi connectivity index (χ4v) is 2.89. The smallest absolute Gasteiger partial charge is 0.233 e. The number of amides is 1. The van der Waals surface area contributed by atoms with Crippen LogP contribution in [-0.4, -0.2) is 45.4 Å². The molecule has 3 aromatic rings. The van der Waals surface area contributed by atoms with E-state index in [0.29, 0.717) is 30.2 Å². The van der Waals surface area contributed by atoms with Gasteiger partial charge in [0.1, 0.15) is 11.8 Å². The van der Waals surface area contributed by atoms with E-state index in [1.165, 1.54) is 0 Å². The molecule has 7 heteroatoms. The van der Waals surface area contributed by atoms with Crippen molar-refractivity contribution in [3.05, 3.63) is 48.3 Å². The second-order valence-corrected chi connectivity index (χ2v) is 5.73. The molecule has 1 aromatic carbocycles. The molecule has 1 atom stereocenters. The lowest BCUT2D eigenvalue weighted by molar-refractivity contribution is -0.129. The molecule has 0 spiro atoms. The number of benzene rings is 1.